The number of benzene rings is 2. The molecule has 6 heteroatoms. The van der Waals surface area contributed by atoms with Gasteiger partial charge in [0.25, 0.3) is 5.91 Å². The smallest absolute Gasteiger partial charge is 0.338 e. The molecule has 0 spiro atoms. The predicted molar refractivity (Wildman–Crippen MR) is 120 cm³/mol. The Labute approximate surface area is 182 Å². The molecule has 1 N–H and O–H groups in total. The van der Waals surface area contributed by atoms with E-state index in [1.165, 1.54) is 7.11 Å². The van der Waals surface area contributed by atoms with Gasteiger partial charge in [0.1, 0.15) is 5.69 Å². The fourth-order valence-corrected chi connectivity index (χ4v) is 3.45. The number of ether oxygens (including phenoxy) is 2. The van der Waals surface area contributed by atoms with Crippen molar-refractivity contribution in [1.29, 1.82) is 0 Å². The second kappa shape index (κ2) is 9.53. The molecule has 1 aromatic heterocycles. The summed E-state index contributed by atoms with van der Waals surface area (Å²) in [6, 6.07) is 15.1. The van der Waals surface area contributed by atoms with Crippen molar-refractivity contribution >= 4 is 17.6 Å². The number of anilines is 1. The van der Waals surface area contributed by atoms with Gasteiger partial charge in [-0.15, -0.1) is 0 Å². The SMILES string of the molecule is COCc1cccc(-c2ccc(C)c(C(=O)Nc3c(C)ccc(C(=O)OC)c3C)n2)c1. The van der Waals surface area contributed by atoms with Gasteiger partial charge >= 0.3 is 5.97 Å². The zero-order valence-electron chi connectivity index (χ0n) is 18.4. The van der Waals surface area contributed by atoms with E-state index >= 15 is 0 Å². The van der Waals surface area contributed by atoms with Crippen LogP contribution in [0.15, 0.2) is 48.5 Å². The van der Waals surface area contributed by atoms with Crippen molar-refractivity contribution in [2.45, 2.75) is 27.4 Å². The first kappa shape index (κ1) is 22.2. The number of hydrogen-bond donors (Lipinski definition) is 1. The number of hydrogen-bond acceptors (Lipinski definition) is 5. The molecule has 0 bridgehead atoms. The molecule has 1 heterocycles. The Bertz CT molecular complexity index is 1140. The van der Waals surface area contributed by atoms with Crippen LogP contribution in [0.4, 0.5) is 5.69 Å². The highest BCUT2D eigenvalue weighted by Gasteiger charge is 2.19. The Morgan fingerprint density at radius 3 is 2.42 bits per heavy atom. The molecule has 2 aromatic carbocycles. The van der Waals surface area contributed by atoms with Gasteiger partial charge in [0.2, 0.25) is 0 Å². The lowest BCUT2D eigenvalue weighted by Crippen LogP contribution is -2.18. The summed E-state index contributed by atoms with van der Waals surface area (Å²) in [4.78, 5) is 29.8. The number of carbonyl (C=O) groups excluding carboxylic acids is 2. The number of carbonyl (C=O) groups is 2. The van der Waals surface area contributed by atoms with Gasteiger partial charge in [0, 0.05) is 18.4 Å². The zero-order chi connectivity index (χ0) is 22.5. The van der Waals surface area contributed by atoms with E-state index in [4.69, 9.17) is 9.47 Å². The van der Waals surface area contributed by atoms with E-state index in [-0.39, 0.29) is 5.91 Å². The van der Waals surface area contributed by atoms with E-state index in [1.54, 1.807) is 26.2 Å². The van der Waals surface area contributed by atoms with Crippen LogP contribution in [-0.4, -0.2) is 31.1 Å². The van der Waals surface area contributed by atoms with Crippen molar-refractivity contribution < 1.29 is 19.1 Å². The molecule has 0 unspecified atom stereocenters. The monoisotopic (exact) mass is 418 g/mol. The van der Waals surface area contributed by atoms with Gasteiger partial charge in [-0.1, -0.05) is 30.3 Å². The Kier molecular flexibility index (Phi) is 6.82. The van der Waals surface area contributed by atoms with E-state index in [1.807, 2.05) is 50.2 Å². The Morgan fingerprint density at radius 2 is 1.71 bits per heavy atom. The van der Waals surface area contributed by atoms with Gasteiger partial charge in [0.15, 0.2) is 0 Å². The average Bonchev–Trinajstić information content (AvgIpc) is 2.76. The van der Waals surface area contributed by atoms with Crippen LogP contribution in [0, 0.1) is 20.8 Å². The maximum Gasteiger partial charge on any atom is 0.338 e. The third kappa shape index (κ3) is 4.81. The minimum absolute atomic E-state index is 0.330. The highest BCUT2D eigenvalue weighted by atomic mass is 16.5. The summed E-state index contributed by atoms with van der Waals surface area (Å²) in [7, 11) is 2.98. The molecule has 0 atom stereocenters. The summed E-state index contributed by atoms with van der Waals surface area (Å²) in [5.41, 5.74) is 6.22. The minimum atomic E-state index is -0.444. The van der Waals surface area contributed by atoms with Crippen molar-refractivity contribution in [1.82, 2.24) is 4.98 Å². The normalized spacial score (nSPS) is 10.6. The summed E-state index contributed by atoms with van der Waals surface area (Å²) in [5, 5.41) is 2.94. The Balaban J connectivity index is 1.96. The molecule has 3 aromatic rings. The molecule has 6 nitrogen and oxygen atoms in total. The number of amides is 1. The van der Waals surface area contributed by atoms with Crippen LogP contribution in [0.25, 0.3) is 11.3 Å². The van der Waals surface area contributed by atoms with Gasteiger partial charge in [-0.05, 0) is 61.2 Å². The number of aromatic nitrogens is 1. The van der Waals surface area contributed by atoms with Gasteiger partial charge in [0.05, 0.1) is 25.0 Å². The van der Waals surface area contributed by atoms with Crippen molar-refractivity contribution in [3.63, 3.8) is 0 Å². The zero-order valence-corrected chi connectivity index (χ0v) is 18.4. The molecule has 0 aliphatic rings. The number of pyridine rings is 1. The molecule has 0 radical (unpaired) electrons. The first-order chi connectivity index (χ1) is 14.8. The van der Waals surface area contributed by atoms with E-state index in [0.717, 1.165) is 22.3 Å². The number of methoxy groups -OCH3 is 2. The van der Waals surface area contributed by atoms with Crippen LogP contribution in [0.5, 0.6) is 0 Å². The summed E-state index contributed by atoms with van der Waals surface area (Å²) >= 11 is 0. The number of aryl methyl sites for hydroxylation is 2. The number of rotatable bonds is 6. The predicted octanol–water partition coefficient (Wildman–Crippen LogP) is 4.86. The molecule has 1 amide bonds. The molecule has 3 rings (SSSR count). The maximum atomic E-state index is 13.1. The highest BCUT2D eigenvalue weighted by Crippen LogP contribution is 2.26. The molecule has 160 valence electrons. The van der Waals surface area contributed by atoms with E-state index in [2.05, 4.69) is 10.3 Å². The van der Waals surface area contributed by atoms with E-state index in [0.29, 0.717) is 34.8 Å². The molecule has 0 saturated heterocycles. The lowest BCUT2D eigenvalue weighted by atomic mass is 10.0. The fourth-order valence-electron chi connectivity index (χ4n) is 3.45. The molecular weight excluding hydrogens is 392 g/mol. The quantitative estimate of drug-likeness (QED) is 0.579. The largest absolute Gasteiger partial charge is 0.465 e. The molecule has 31 heavy (non-hydrogen) atoms. The minimum Gasteiger partial charge on any atom is -0.465 e. The van der Waals surface area contributed by atoms with Crippen molar-refractivity contribution in [3.8, 4) is 11.3 Å². The third-order valence-electron chi connectivity index (χ3n) is 5.16. The first-order valence-corrected chi connectivity index (χ1v) is 9.91. The molecule has 0 aliphatic heterocycles. The van der Waals surface area contributed by atoms with Gasteiger partial charge < -0.3 is 14.8 Å². The topological polar surface area (TPSA) is 77.5 Å². The van der Waals surface area contributed by atoms with Crippen molar-refractivity contribution in [3.05, 3.63) is 82.0 Å². The van der Waals surface area contributed by atoms with Crippen LogP contribution in [-0.2, 0) is 16.1 Å². The summed E-state index contributed by atoms with van der Waals surface area (Å²) < 4.78 is 10.0. The maximum absolute atomic E-state index is 13.1. The Hall–Kier alpha value is -3.51. The lowest BCUT2D eigenvalue weighted by Gasteiger charge is -2.15. The fraction of sp³-hybridized carbons (Fsp3) is 0.240. The van der Waals surface area contributed by atoms with Crippen molar-refractivity contribution in [2.75, 3.05) is 19.5 Å². The lowest BCUT2D eigenvalue weighted by molar-refractivity contribution is 0.0599. The van der Waals surface area contributed by atoms with Gasteiger partial charge in [-0.2, -0.15) is 0 Å². The molecule has 0 saturated carbocycles. The van der Waals surface area contributed by atoms with Crippen molar-refractivity contribution in [2.24, 2.45) is 0 Å². The van der Waals surface area contributed by atoms with Crippen LogP contribution in [0.1, 0.15) is 43.1 Å². The number of esters is 1. The highest BCUT2D eigenvalue weighted by molar-refractivity contribution is 6.06. The summed E-state index contributed by atoms with van der Waals surface area (Å²) in [6.07, 6.45) is 0. The summed E-state index contributed by atoms with van der Waals surface area (Å²) in [6.45, 7) is 6.01. The van der Waals surface area contributed by atoms with Gasteiger partial charge in [-0.25, -0.2) is 9.78 Å². The second-order valence-electron chi connectivity index (χ2n) is 7.37. The molecule has 0 aliphatic carbocycles. The van der Waals surface area contributed by atoms with Gasteiger partial charge in [-0.3, -0.25) is 4.79 Å². The van der Waals surface area contributed by atoms with Crippen LogP contribution >= 0.6 is 0 Å². The van der Waals surface area contributed by atoms with Crippen LogP contribution in [0.3, 0.4) is 0 Å². The molecule has 0 fully saturated rings. The number of nitrogens with zero attached hydrogens (tertiary/aromatic N) is 1. The Morgan fingerprint density at radius 1 is 0.968 bits per heavy atom. The van der Waals surface area contributed by atoms with Crippen LogP contribution < -0.4 is 5.32 Å². The third-order valence-corrected chi connectivity index (χ3v) is 5.16. The second-order valence-corrected chi connectivity index (χ2v) is 7.37. The van der Waals surface area contributed by atoms with E-state index < -0.39 is 5.97 Å². The van der Waals surface area contributed by atoms with E-state index in [9.17, 15) is 9.59 Å². The van der Waals surface area contributed by atoms with Crippen LogP contribution in [0.2, 0.25) is 0 Å². The number of nitrogens with one attached hydrogen (secondary N) is 1. The summed E-state index contributed by atoms with van der Waals surface area (Å²) in [5.74, 6) is -0.777. The standard InChI is InChI=1S/C25H26N2O4/c1-15-9-11-20(25(29)31-5)17(3)22(15)27-24(28)23-16(2)10-12-21(26-23)19-8-6-7-18(13-19)14-30-4/h6-13H,14H2,1-5H3,(H,27,28). The average molecular weight is 418 g/mol. The first-order valence-electron chi connectivity index (χ1n) is 9.91. The molecular formula is C25H26N2O4.